The Labute approximate surface area is 102 Å². The van der Waals surface area contributed by atoms with E-state index in [1.54, 1.807) is 11.8 Å². The lowest BCUT2D eigenvalue weighted by Crippen LogP contribution is -2.28. The first-order chi connectivity index (χ1) is 7.79. The van der Waals surface area contributed by atoms with Crippen molar-refractivity contribution in [2.75, 3.05) is 18.9 Å². The summed E-state index contributed by atoms with van der Waals surface area (Å²) in [6.45, 7) is 5.55. The molecular formula is C13H21NOS. The highest BCUT2D eigenvalue weighted by atomic mass is 32.2. The third kappa shape index (κ3) is 4.16. The smallest absolute Gasteiger partial charge is 0.0521 e. The van der Waals surface area contributed by atoms with Gasteiger partial charge in [0.25, 0.3) is 0 Å². The first-order valence-electron chi connectivity index (χ1n) is 5.80. The molecule has 2 N–H and O–H groups in total. The average Bonchev–Trinajstić information content (AvgIpc) is 2.34. The molecule has 2 nitrogen and oxygen atoms in total. The Morgan fingerprint density at radius 2 is 2.00 bits per heavy atom. The van der Waals surface area contributed by atoms with Crippen LogP contribution in [0.3, 0.4) is 0 Å². The molecule has 0 aliphatic rings. The van der Waals surface area contributed by atoms with Crippen molar-refractivity contribution in [2.45, 2.75) is 25.1 Å². The summed E-state index contributed by atoms with van der Waals surface area (Å²) >= 11 is 1.81. The van der Waals surface area contributed by atoms with Crippen LogP contribution in [-0.2, 0) is 0 Å². The maximum atomic E-state index is 8.86. The third-order valence-corrected chi connectivity index (χ3v) is 3.74. The standard InChI is InChI=1S/C13H21NOS/c1-3-14-13(11(2)16-10-9-15)12-7-5-4-6-8-12/h4-8,11,13-15H,3,9-10H2,1-2H3. The molecule has 3 heteroatoms. The topological polar surface area (TPSA) is 32.3 Å². The molecule has 0 aromatic heterocycles. The molecular weight excluding hydrogens is 218 g/mol. The van der Waals surface area contributed by atoms with Crippen molar-refractivity contribution < 1.29 is 5.11 Å². The highest BCUT2D eigenvalue weighted by Crippen LogP contribution is 2.25. The van der Waals surface area contributed by atoms with E-state index in [0.717, 1.165) is 12.3 Å². The molecule has 0 radical (unpaired) electrons. The van der Waals surface area contributed by atoms with E-state index < -0.39 is 0 Å². The van der Waals surface area contributed by atoms with Crippen LogP contribution in [0, 0.1) is 0 Å². The summed E-state index contributed by atoms with van der Waals surface area (Å²) in [4.78, 5) is 0. The van der Waals surface area contributed by atoms with E-state index >= 15 is 0 Å². The molecule has 0 amide bonds. The molecule has 0 aliphatic heterocycles. The lowest BCUT2D eigenvalue weighted by atomic mass is 10.0. The Balaban J connectivity index is 2.66. The molecule has 2 atom stereocenters. The predicted molar refractivity (Wildman–Crippen MR) is 71.9 cm³/mol. The van der Waals surface area contributed by atoms with Crippen LogP contribution in [0.25, 0.3) is 0 Å². The van der Waals surface area contributed by atoms with Crippen LogP contribution in [0.2, 0.25) is 0 Å². The van der Waals surface area contributed by atoms with E-state index in [-0.39, 0.29) is 6.61 Å². The first-order valence-corrected chi connectivity index (χ1v) is 6.85. The SMILES string of the molecule is CCNC(c1ccccc1)C(C)SCCO. The van der Waals surface area contributed by atoms with Crippen molar-refractivity contribution in [1.82, 2.24) is 5.32 Å². The maximum absolute atomic E-state index is 8.86. The van der Waals surface area contributed by atoms with Crippen LogP contribution in [0.15, 0.2) is 30.3 Å². The average molecular weight is 239 g/mol. The lowest BCUT2D eigenvalue weighted by molar-refractivity contribution is 0.322. The molecule has 1 rings (SSSR count). The summed E-state index contributed by atoms with van der Waals surface area (Å²) in [5, 5.41) is 12.8. The Morgan fingerprint density at radius 1 is 1.31 bits per heavy atom. The molecule has 0 bridgehead atoms. The van der Waals surface area contributed by atoms with E-state index in [1.165, 1.54) is 5.56 Å². The maximum Gasteiger partial charge on any atom is 0.0521 e. The van der Waals surface area contributed by atoms with E-state index in [2.05, 4.69) is 43.4 Å². The number of benzene rings is 1. The fourth-order valence-electron chi connectivity index (χ4n) is 1.77. The second-order valence-electron chi connectivity index (χ2n) is 3.75. The Morgan fingerprint density at radius 3 is 2.56 bits per heavy atom. The van der Waals surface area contributed by atoms with Gasteiger partial charge in [0.1, 0.15) is 0 Å². The molecule has 0 spiro atoms. The van der Waals surface area contributed by atoms with Gasteiger partial charge < -0.3 is 10.4 Å². The van der Waals surface area contributed by atoms with Crippen LogP contribution in [-0.4, -0.2) is 29.3 Å². The normalized spacial score (nSPS) is 14.7. The molecule has 0 heterocycles. The van der Waals surface area contributed by atoms with Gasteiger partial charge in [-0.2, -0.15) is 11.8 Å². The minimum atomic E-state index is 0.253. The summed E-state index contributed by atoms with van der Waals surface area (Å²) < 4.78 is 0. The number of rotatable bonds is 7. The van der Waals surface area contributed by atoms with Crippen LogP contribution < -0.4 is 5.32 Å². The van der Waals surface area contributed by atoms with Crippen LogP contribution >= 0.6 is 11.8 Å². The van der Waals surface area contributed by atoms with Gasteiger partial charge in [0.2, 0.25) is 0 Å². The number of thioether (sulfide) groups is 1. The van der Waals surface area contributed by atoms with Crippen molar-refractivity contribution >= 4 is 11.8 Å². The number of aliphatic hydroxyl groups is 1. The van der Waals surface area contributed by atoms with Gasteiger partial charge in [-0.1, -0.05) is 44.2 Å². The zero-order valence-corrected chi connectivity index (χ0v) is 10.8. The molecule has 2 unspecified atom stereocenters. The zero-order valence-electron chi connectivity index (χ0n) is 10.0. The lowest BCUT2D eigenvalue weighted by Gasteiger charge is -2.24. The molecule has 16 heavy (non-hydrogen) atoms. The largest absolute Gasteiger partial charge is 0.396 e. The van der Waals surface area contributed by atoms with Gasteiger partial charge in [-0.3, -0.25) is 0 Å². The number of nitrogens with one attached hydrogen (secondary N) is 1. The van der Waals surface area contributed by atoms with Crippen LogP contribution in [0.4, 0.5) is 0 Å². The van der Waals surface area contributed by atoms with Gasteiger partial charge in [0.05, 0.1) is 6.61 Å². The molecule has 0 saturated carbocycles. The third-order valence-electron chi connectivity index (χ3n) is 2.52. The Kier molecular flexibility index (Phi) is 6.53. The quantitative estimate of drug-likeness (QED) is 0.766. The number of hydrogen-bond donors (Lipinski definition) is 2. The van der Waals surface area contributed by atoms with Gasteiger partial charge in [-0.05, 0) is 12.1 Å². The highest BCUT2D eigenvalue weighted by molar-refractivity contribution is 7.99. The highest BCUT2D eigenvalue weighted by Gasteiger charge is 2.17. The molecule has 1 aromatic rings. The predicted octanol–water partition coefficient (Wildman–Crippen LogP) is 2.45. The summed E-state index contributed by atoms with van der Waals surface area (Å²) in [5.74, 6) is 0.801. The van der Waals surface area contributed by atoms with Gasteiger partial charge >= 0.3 is 0 Å². The van der Waals surface area contributed by atoms with Crippen molar-refractivity contribution in [3.63, 3.8) is 0 Å². The van der Waals surface area contributed by atoms with E-state index in [0.29, 0.717) is 11.3 Å². The Bertz CT molecular complexity index is 279. The monoisotopic (exact) mass is 239 g/mol. The molecule has 90 valence electrons. The van der Waals surface area contributed by atoms with E-state index in [4.69, 9.17) is 5.11 Å². The van der Waals surface area contributed by atoms with Crippen molar-refractivity contribution in [1.29, 1.82) is 0 Å². The summed E-state index contributed by atoms with van der Waals surface area (Å²) in [7, 11) is 0. The fourth-order valence-corrected chi connectivity index (χ4v) is 2.69. The molecule has 0 aliphatic carbocycles. The Hall–Kier alpha value is -0.510. The minimum absolute atomic E-state index is 0.253. The number of hydrogen-bond acceptors (Lipinski definition) is 3. The van der Waals surface area contributed by atoms with Crippen molar-refractivity contribution in [3.8, 4) is 0 Å². The van der Waals surface area contributed by atoms with Crippen molar-refractivity contribution in [2.24, 2.45) is 0 Å². The minimum Gasteiger partial charge on any atom is -0.396 e. The van der Waals surface area contributed by atoms with Gasteiger partial charge in [-0.25, -0.2) is 0 Å². The van der Waals surface area contributed by atoms with Gasteiger partial charge in [0.15, 0.2) is 0 Å². The van der Waals surface area contributed by atoms with Crippen molar-refractivity contribution in [3.05, 3.63) is 35.9 Å². The van der Waals surface area contributed by atoms with Crippen LogP contribution in [0.1, 0.15) is 25.5 Å². The zero-order chi connectivity index (χ0) is 11.8. The molecule has 0 fully saturated rings. The molecule has 0 saturated heterocycles. The molecule has 1 aromatic carbocycles. The van der Waals surface area contributed by atoms with E-state index in [9.17, 15) is 0 Å². The van der Waals surface area contributed by atoms with Gasteiger partial charge in [-0.15, -0.1) is 0 Å². The fraction of sp³-hybridized carbons (Fsp3) is 0.538. The number of aliphatic hydroxyl groups excluding tert-OH is 1. The van der Waals surface area contributed by atoms with Crippen LogP contribution in [0.5, 0.6) is 0 Å². The van der Waals surface area contributed by atoms with Gasteiger partial charge in [0, 0.05) is 17.0 Å². The first kappa shape index (κ1) is 13.6. The van der Waals surface area contributed by atoms with E-state index in [1.807, 2.05) is 6.07 Å². The summed E-state index contributed by atoms with van der Waals surface area (Å²) in [6, 6.07) is 10.9. The second kappa shape index (κ2) is 7.71. The summed E-state index contributed by atoms with van der Waals surface area (Å²) in [5.41, 5.74) is 1.32. The summed E-state index contributed by atoms with van der Waals surface area (Å²) in [6.07, 6.45) is 0. The second-order valence-corrected chi connectivity index (χ2v) is 5.23.